The molecular weight excluding hydrogens is 380 g/mol. The molecule has 156 valence electrons. The van der Waals surface area contributed by atoms with Crippen molar-refractivity contribution in [2.45, 2.75) is 38.0 Å². The molecule has 8 nitrogen and oxygen atoms in total. The van der Waals surface area contributed by atoms with Crippen molar-refractivity contribution in [2.24, 2.45) is 0 Å². The molecule has 28 heavy (non-hydrogen) atoms. The van der Waals surface area contributed by atoms with E-state index in [1.807, 2.05) is 24.3 Å². The Balaban J connectivity index is 1.52. The summed E-state index contributed by atoms with van der Waals surface area (Å²) in [5, 5.41) is 2.51. The van der Waals surface area contributed by atoms with Crippen LogP contribution in [0.4, 0.5) is 16.2 Å². The Labute approximate surface area is 167 Å². The highest BCUT2D eigenvalue weighted by atomic mass is 32.2. The predicted molar refractivity (Wildman–Crippen MR) is 110 cm³/mol. The Morgan fingerprint density at radius 1 is 1.14 bits per heavy atom. The molecule has 0 spiro atoms. The van der Waals surface area contributed by atoms with Crippen LogP contribution in [0, 0.1) is 0 Å². The summed E-state index contributed by atoms with van der Waals surface area (Å²) in [4.78, 5) is 16.6. The summed E-state index contributed by atoms with van der Waals surface area (Å²) in [5.74, 6) is 0. The first-order chi connectivity index (χ1) is 13.3. The maximum Gasteiger partial charge on any atom is 0.321 e. The number of carbonyl (C=O) groups excluding carboxylic acids is 1. The Bertz CT molecular complexity index is 770. The fourth-order valence-electron chi connectivity index (χ4n) is 3.37. The topological polar surface area (TPSA) is 91.0 Å². The minimum Gasteiger partial charge on any atom is -0.378 e. The van der Waals surface area contributed by atoms with Crippen molar-refractivity contribution in [1.82, 2.24) is 9.62 Å². The maximum absolute atomic E-state index is 12.6. The predicted octanol–water partition coefficient (Wildman–Crippen LogP) is 1.85. The summed E-state index contributed by atoms with van der Waals surface area (Å²) in [6.45, 7) is 7.50. The van der Waals surface area contributed by atoms with Crippen molar-refractivity contribution in [3.05, 3.63) is 24.3 Å². The summed E-state index contributed by atoms with van der Waals surface area (Å²) in [5.41, 5.74) is 1.83. The van der Waals surface area contributed by atoms with Gasteiger partial charge in [-0.15, -0.1) is 0 Å². The molecule has 2 aliphatic heterocycles. The molecular formula is C19H30N4O4S. The molecule has 2 N–H and O–H groups in total. The number of nitrogens with zero attached hydrogens (tertiary/aromatic N) is 2. The van der Waals surface area contributed by atoms with Crippen LogP contribution < -0.4 is 14.9 Å². The molecule has 2 saturated heterocycles. The lowest BCUT2D eigenvalue weighted by atomic mass is 10.1. The summed E-state index contributed by atoms with van der Waals surface area (Å²) in [6.07, 6.45) is 1.24. The van der Waals surface area contributed by atoms with Gasteiger partial charge in [0.1, 0.15) is 0 Å². The van der Waals surface area contributed by atoms with Gasteiger partial charge in [-0.3, -0.25) is 0 Å². The lowest BCUT2D eigenvalue weighted by Gasteiger charge is -2.33. The highest BCUT2D eigenvalue weighted by Gasteiger charge is 2.27. The second-order valence-electron chi connectivity index (χ2n) is 7.55. The molecule has 9 heteroatoms. The van der Waals surface area contributed by atoms with Gasteiger partial charge >= 0.3 is 6.03 Å². The number of urea groups is 1. The van der Waals surface area contributed by atoms with Gasteiger partial charge in [-0.2, -0.15) is 0 Å². The molecule has 0 bridgehead atoms. The Morgan fingerprint density at radius 3 is 2.46 bits per heavy atom. The lowest BCUT2D eigenvalue weighted by Crippen LogP contribution is -2.48. The van der Waals surface area contributed by atoms with Crippen molar-refractivity contribution >= 4 is 27.4 Å². The molecule has 2 heterocycles. The number of carbonyl (C=O) groups is 1. The number of piperidine rings is 1. The van der Waals surface area contributed by atoms with Crippen LogP contribution in [-0.4, -0.2) is 70.0 Å². The van der Waals surface area contributed by atoms with Crippen LogP contribution in [0.3, 0.4) is 0 Å². The number of rotatable bonds is 5. The van der Waals surface area contributed by atoms with E-state index in [1.165, 1.54) is 0 Å². The number of nitrogens with one attached hydrogen (secondary N) is 2. The van der Waals surface area contributed by atoms with Gasteiger partial charge in [0.25, 0.3) is 0 Å². The quantitative estimate of drug-likeness (QED) is 0.773. The van der Waals surface area contributed by atoms with E-state index in [1.54, 1.807) is 18.7 Å². The first-order valence-electron chi connectivity index (χ1n) is 9.85. The average Bonchev–Trinajstić information content (AvgIpc) is 2.69. The summed E-state index contributed by atoms with van der Waals surface area (Å²) < 4.78 is 32.1. The standard InChI is InChI=1S/C19H30N4O4S/c1-15(2)28(25,26)21-16-6-8-23(9-7-16)19(24)20-17-4-3-5-18(14-17)22-10-12-27-13-11-22/h3-5,14-16,21H,6-13H2,1-2H3,(H,20,24). The van der Waals surface area contributed by atoms with E-state index < -0.39 is 15.3 Å². The van der Waals surface area contributed by atoms with Crippen LogP contribution in [0.5, 0.6) is 0 Å². The molecule has 2 fully saturated rings. The molecule has 0 atom stereocenters. The number of likely N-dealkylation sites (tertiary alicyclic amines) is 1. The summed E-state index contributed by atoms with van der Waals surface area (Å²) in [7, 11) is -3.28. The number of sulfonamides is 1. The van der Waals surface area contributed by atoms with E-state index >= 15 is 0 Å². The van der Waals surface area contributed by atoms with Crippen molar-refractivity contribution in [2.75, 3.05) is 49.6 Å². The second kappa shape index (κ2) is 9.11. The fourth-order valence-corrected chi connectivity index (χ4v) is 4.35. The lowest BCUT2D eigenvalue weighted by molar-refractivity contribution is 0.122. The average molecular weight is 411 g/mol. The third-order valence-electron chi connectivity index (χ3n) is 5.21. The summed E-state index contributed by atoms with van der Waals surface area (Å²) in [6, 6.07) is 7.57. The molecule has 0 unspecified atom stereocenters. The van der Waals surface area contributed by atoms with Gasteiger partial charge in [-0.1, -0.05) is 6.07 Å². The van der Waals surface area contributed by atoms with Crippen LogP contribution >= 0.6 is 0 Å². The van der Waals surface area contributed by atoms with Gasteiger partial charge in [0.05, 0.1) is 18.5 Å². The third-order valence-corrected chi connectivity index (χ3v) is 7.11. The van der Waals surface area contributed by atoms with E-state index in [4.69, 9.17) is 4.74 Å². The van der Waals surface area contributed by atoms with Crippen LogP contribution in [0.25, 0.3) is 0 Å². The molecule has 1 aromatic carbocycles. The smallest absolute Gasteiger partial charge is 0.321 e. The monoisotopic (exact) mass is 410 g/mol. The molecule has 1 aromatic rings. The van der Waals surface area contributed by atoms with Crippen LogP contribution in [-0.2, 0) is 14.8 Å². The normalized spacial score (nSPS) is 19.1. The van der Waals surface area contributed by atoms with Gasteiger partial charge < -0.3 is 19.9 Å². The number of benzene rings is 1. The number of amides is 2. The first kappa shape index (κ1) is 20.9. The first-order valence-corrected chi connectivity index (χ1v) is 11.4. The van der Waals surface area contributed by atoms with Gasteiger partial charge in [-0.05, 0) is 44.9 Å². The molecule has 0 saturated carbocycles. The number of morpholine rings is 1. The SMILES string of the molecule is CC(C)S(=O)(=O)NC1CCN(C(=O)Nc2cccc(N3CCOCC3)c2)CC1. The van der Waals surface area contributed by atoms with Crippen molar-refractivity contribution < 1.29 is 17.9 Å². The highest BCUT2D eigenvalue weighted by Crippen LogP contribution is 2.21. The van der Waals surface area contributed by atoms with Crippen molar-refractivity contribution in [3.8, 4) is 0 Å². The highest BCUT2D eigenvalue weighted by molar-refractivity contribution is 7.90. The number of ether oxygens (including phenoxy) is 1. The van der Waals surface area contributed by atoms with E-state index in [0.29, 0.717) is 39.1 Å². The molecule has 0 aromatic heterocycles. The van der Waals surface area contributed by atoms with Gasteiger partial charge in [-0.25, -0.2) is 17.9 Å². The fraction of sp³-hybridized carbons (Fsp3) is 0.632. The van der Waals surface area contributed by atoms with Crippen LogP contribution in [0.1, 0.15) is 26.7 Å². The molecule has 2 aliphatic rings. The number of anilines is 2. The molecule has 3 rings (SSSR count). The zero-order valence-electron chi connectivity index (χ0n) is 16.6. The molecule has 0 aliphatic carbocycles. The zero-order valence-corrected chi connectivity index (χ0v) is 17.4. The maximum atomic E-state index is 12.6. The van der Waals surface area contributed by atoms with Crippen molar-refractivity contribution in [3.63, 3.8) is 0 Å². The summed E-state index contributed by atoms with van der Waals surface area (Å²) >= 11 is 0. The molecule has 2 amide bonds. The van der Waals surface area contributed by atoms with E-state index in [0.717, 1.165) is 24.5 Å². The Morgan fingerprint density at radius 2 is 1.82 bits per heavy atom. The molecule has 0 radical (unpaired) electrons. The largest absolute Gasteiger partial charge is 0.378 e. The van der Waals surface area contributed by atoms with Gasteiger partial charge in [0, 0.05) is 43.6 Å². The minimum atomic E-state index is -3.28. The van der Waals surface area contributed by atoms with Crippen LogP contribution in [0.2, 0.25) is 0 Å². The third kappa shape index (κ3) is 5.36. The Hall–Kier alpha value is -1.84. The van der Waals surface area contributed by atoms with Gasteiger partial charge in [0.15, 0.2) is 0 Å². The van der Waals surface area contributed by atoms with Gasteiger partial charge in [0.2, 0.25) is 10.0 Å². The number of hydrogen-bond donors (Lipinski definition) is 2. The van der Waals surface area contributed by atoms with E-state index in [2.05, 4.69) is 14.9 Å². The second-order valence-corrected chi connectivity index (χ2v) is 9.82. The number of hydrogen-bond acceptors (Lipinski definition) is 5. The minimum absolute atomic E-state index is 0.110. The van der Waals surface area contributed by atoms with E-state index in [9.17, 15) is 13.2 Å². The van der Waals surface area contributed by atoms with Crippen molar-refractivity contribution in [1.29, 1.82) is 0 Å². The zero-order chi connectivity index (χ0) is 20.1. The van der Waals surface area contributed by atoms with Crippen LogP contribution in [0.15, 0.2) is 24.3 Å². The Kier molecular flexibility index (Phi) is 6.79. The van der Waals surface area contributed by atoms with E-state index in [-0.39, 0.29) is 12.1 Å².